The fourth-order valence-electron chi connectivity index (χ4n) is 5.54. The lowest BCUT2D eigenvalue weighted by Crippen LogP contribution is -2.50. The third-order valence-corrected chi connectivity index (χ3v) is 7.74. The first-order valence-corrected chi connectivity index (χ1v) is 13.5. The van der Waals surface area contributed by atoms with Gasteiger partial charge in [0.05, 0.1) is 24.5 Å². The molecule has 0 amide bonds. The van der Waals surface area contributed by atoms with Crippen LogP contribution < -0.4 is 10.1 Å². The standard InChI is InChI=1S/C27H31F3N8O2/c28-27(29,30)23-9-17(13-31-5-8-39)10-24(36-23)40-21-2-6-37(7-3-21)19-11-20(12-19)38-15-18(14-35-38)25-22-1-4-32-26(22)34-16-33-25/h1,4,9-10,14-16,19-21,31,39H,2-3,5-8,11-13H2,(H,32,33,34). The summed E-state index contributed by atoms with van der Waals surface area (Å²) in [6, 6.07) is 5.30. The highest BCUT2D eigenvalue weighted by molar-refractivity contribution is 5.89. The van der Waals surface area contributed by atoms with E-state index in [2.05, 4.69) is 35.3 Å². The van der Waals surface area contributed by atoms with Crippen molar-refractivity contribution in [2.45, 2.75) is 56.6 Å². The third-order valence-electron chi connectivity index (χ3n) is 7.74. The molecule has 6 rings (SSSR count). The Labute approximate surface area is 228 Å². The summed E-state index contributed by atoms with van der Waals surface area (Å²) in [5.74, 6) is -0.00660. The van der Waals surface area contributed by atoms with Gasteiger partial charge in [-0.25, -0.2) is 15.0 Å². The van der Waals surface area contributed by atoms with Gasteiger partial charge in [0.25, 0.3) is 0 Å². The van der Waals surface area contributed by atoms with Crippen LogP contribution in [-0.2, 0) is 12.7 Å². The third kappa shape index (κ3) is 5.67. The number of H-pyrrole nitrogens is 1. The molecule has 13 heteroatoms. The molecule has 3 N–H and O–H groups in total. The number of alkyl halides is 3. The molecule has 0 radical (unpaired) electrons. The average Bonchev–Trinajstić information content (AvgIpc) is 3.58. The number of rotatable bonds is 9. The second kappa shape index (κ2) is 11.1. The Hall–Kier alpha value is -3.55. The van der Waals surface area contributed by atoms with Crippen LogP contribution in [0.5, 0.6) is 5.88 Å². The van der Waals surface area contributed by atoms with Crippen molar-refractivity contribution in [2.75, 3.05) is 26.2 Å². The lowest BCUT2D eigenvalue weighted by atomic mass is 9.84. The summed E-state index contributed by atoms with van der Waals surface area (Å²) >= 11 is 0. The van der Waals surface area contributed by atoms with E-state index >= 15 is 0 Å². The maximum Gasteiger partial charge on any atom is 0.433 e. The Morgan fingerprint density at radius 3 is 2.73 bits per heavy atom. The number of pyridine rings is 1. The molecule has 10 nitrogen and oxygen atoms in total. The summed E-state index contributed by atoms with van der Waals surface area (Å²) in [5, 5.41) is 17.4. The van der Waals surface area contributed by atoms with Crippen LogP contribution >= 0.6 is 0 Å². The highest BCUT2D eigenvalue weighted by atomic mass is 19.4. The van der Waals surface area contributed by atoms with Crippen molar-refractivity contribution in [1.29, 1.82) is 0 Å². The quantitative estimate of drug-likeness (QED) is 0.268. The van der Waals surface area contributed by atoms with Crippen LogP contribution in [0.3, 0.4) is 0 Å². The minimum atomic E-state index is -4.56. The number of nitrogens with one attached hydrogen (secondary N) is 2. The minimum Gasteiger partial charge on any atom is -0.474 e. The Kier molecular flexibility index (Phi) is 7.43. The van der Waals surface area contributed by atoms with Crippen LogP contribution in [0.4, 0.5) is 13.2 Å². The maximum atomic E-state index is 13.4. The molecule has 212 valence electrons. The van der Waals surface area contributed by atoms with Gasteiger partial charge in [0.15, 0.2) is 0 Å². The highest BCUT2D eigenvalue weighted by Gasteiger charge is 2.38. The van der Waals surface area contributed by atoms with Crippen molar-refractivity contribution >= 4 is 11.0 Å². The van der Waals surface area contributed by atoms with E-state index in [0.29, 0.717) is 24.2 Å². The van der Waals surface area contributed by atoms with Crippen LogP contribution in [-0.4, -0.2) is 78.1 Å². The number of aliphatic hydroxyl groups excluding tert-OH is 1. The molecule has 1 saturated carbocycles. The lowest BCUT2D eigenvalue weighted by Gasteiger charge is -2.45. The van der Waals surface area contributed by atoms with Gasteiger partial charge in [-0.15, -0.1) is 0 Å². The van der Waals surface area contributed by atoms with E-state index in [4.69, 9.17) is 9.84 Å². The maximum absolute atomic E-state index is 13.4. The van der Waals surface area contributed by atoms with E-state index in [1.165, 1.54) is 0 Å². The first kappa shape index (κ1) is 26.7. The van der Waals surface area contributed by atoms with Crippen LogP contribution in [0.2, 0.25) is 0 Å². The van der Waals surface area contributed by atoms with Gasteiger partial charge in [0, 0.05) is 61.6 Å². The predicted octanol–water partition coefficient (Wildman–Crippen LogP) is 3.56. The monoisotopic (exact) mass is 556 g/mol. The molecular formula is C27H31F3N8O2. The van der Waals surface area contributed by atoms with Gasteiger partial charge >= 0.3 is 6.18 Å². The normalized spacial score (nSPS) is 20.6. The molecule has 2 fully saturated rings. The van der Waals surface area contributed by atoms with Crippen LogP contribution in [0.1, 0.15) is 43.0 Å². The van der Waals surface area contributed by atoms with Gasteiger partial charge in [0.1, 0.15) is 23.8 Å². The van der Waals surface area contributed by atoms with Crippen molar-refractivity contribution in [2.24, 2.45) is 0 Å². The number of halogens is 3. The highest BCUT2D eigenvalue weighted by Crippen LogP contribution is 2.38. The van der Waals surface area contributed by atoms with Crippen molar-refractivity contribution < 1.29 is 23.0 Å². The fraction of sp³-hybridized carbons (Fsp3) is 0.481. The smallest absolute Gasteiger partial charge is 0.433 e. The van der Waals surface area contributed by atoms with Gasteiger partial charge in [-0.3, -0.25) is 9.58 Å². The number of aromatic nitrogens is 6. The molecule has 2 aliphatic rings. The molecule has 1 aliphatic carbocycles. The fourth-order valence-corrected chi connectivity index (χ4v) is 5.54. The minimum absolute atomic E-state index is 0.00660. The Morgan fingerprint density at radius 2 is 1.95 bits per heavy atom. The number of hydrogen-bond donors (Lipinski definition) is 3. The molecule has 0 unspecified atom stereocenters. The molecule has 5 heterocycles. The number of hydrogen-bond acceptors (Lipinski definition) is 8. The number of nitrogens with zero attached hydrogens (tertiary/aromatic N) is 6. The summed E-state index contributed by atoms with van der Waals surface area (Å²) in [6.07, 6.45) is 5.99. The average molecular weight is 557 g/mol. The lowest BCUT2D eigenvalue weighted by molar-refractivity contribution is -0.141. The summed E-state index contributed by atoms with van der Waals surface area (Å²) in [6.45, 7) is 2.04. The second-order valence-corrected chi connectivity index (χ2v) is 10.4. The Balaban J connectivity index is 1.02. The van der Waals surface area contributed by atoms with Crippen molar-refractivity contribution in [3.63, 3.8) is 0 Å². The summed E-state index contributed by atoms with van der Waals surface area (Å²) in [7, 11) is 0. The molecular weight excluding hydrogens is 525 g/mol. The first-order valence-electron chi connectivity index (χ1n) is 13.5. The van der Waals surface area contributed by atoms with Crippen molar-refractivity contribution in [3.8, 4) is 17.1 Å². The van der Waals surface area contributed by atoms with Gasteiger partial charge in [-0.2, -0.15) is 18.3 Å². The number of fused-ring (bicyclic) bond motifs is 1. The van der Waals surface area contributed by atoms with E-state index in [1.807, 2.05) is 29.3 Å². The molecule has 4 aromatic rings. The number of piperidine rings is 1. The summed E-state index contributed by atoms with van der Waals surface area (Å²) in [4.78, 5) is 18.0. The first-order chi connectivity index (χ1) is 19.4. The van der Waals surface area contributed by atoms with Crippen LogP contribution in [0, 0.1) is 0 Å². The van der Waals surface area contributed by atoms with E-state index in [-0.39, 0.29) is 25.1 Å². The largest absolute Gasteiger partial charge is 0.474 e. The Bertz CT molecular complexity index is 1440. The van der Waals surface area contributed by atoms with E-state index < -0.39 is 11.9 Å². The summed E-state index contributed by atoms with van der Waals surface area (Å²) < 4.78 is 48.1. The zero-order valence-electron chi connectivity index (χ0n) is 21.8. The predicted molar refractivity (Wildman–Crippen MR) is 140 cm³/mol. The van der Waals surface area contributed by atoms with Gasteiger partial charge in [0.2, 0.25) is 5.88 Å². The van der Waals surface area contributed by atoms with Gasteiger partial charge in [-0.05, 0) is 43.4 Å². The van der Waals surface area contributed by atoms with E-state index in [0.717, 1.165) is 67.1 Å². The van der Waals surface area contributed by atoms with Crippen LogP contribution in [0.15, 0.2) is 43.1 Å². The number of likely N-dealkylation sites (tertiary alicyclic amines) is 1. The molecule has 0 spiro atoms. The van der Waals surface area contributed by atoms with Crippen molar-refractivity contribution in [1.82, 2.24) is 39.9 Å². The SMILES string of the molecule is OCCNCc1cc(OC2CCN(C3CC(n4cc(-c5ncnc6[nH]ccc56)cn4)C3)CC2)nc(C(F)(F)F)c1. The zero-order valence-corrected chi connectivity index (χ0v) is 21.8. The van der Waals surface area contributed by atoms with Gasteiger partial charge in [-0.1, -0.05) is 0 Å². The van der Waals surface area contributed by atoms with E-state index in [1.54, 1.807) is 12.4 Å². The number of ether oxygens (including phenoxy) is 1. The summed E-state index contributed by atoms with van der Waals surface area (Å²) in [5.41, 5.74) is 2.07. The molecule has 40 heavy (non-hydrogen) atoms. The molecule has 4 aromatic heterocycles. The molecule has 1 saturated heterocycles. The zero-order chi connectivity index (χ0) is 27.7. The van der Waals surface area contributed by atoms with Crippen molar-refractivity contribution in [3.05, 3.63) is 54.4 Å². The molecule has 0 atom stereocenters. The Morgan fingerprint density at radius 1 is 1.12 bits per heavy atom. The second-order valence-electron chi connectivity index (χ2n) is 10.4. The molecule has 1 aliphatic heterocycles. The van der Waals surface area contributed by atoms with E-state index in [9.17, 15) is 13.2 Å². The molecule has 0 aromatic carbocycles. The number of aromatic amines is 1. The van der Waals surface area contributed by atoms with Crippen LogP contribution in [0.25, 0.3) is 22.3 Å². The topological polar surface area (TPSA) is 117 Å². The number of aliphatic hydroxyl groups is 1. The van der Waals surface area contributed by atoms with Gasteiger partial charge < -0.3 is 20.1 Å². The molecule has 0 bridgehead atoms.